The van der Waals surface area contributed by atoms with E-state index in [1.807, 2.05) is 0 Å². The number of hydrogen-bond donors (Lipinski definition) is 1. The molecule has 0 unspecified atom stereocenters. The fourth-order valence-electron chi connectivity index (χ4n) is 3.48. The number of pyridine rings is 1. The van der Waals surface area contributed by atoms with Crippen LogP contribution < -0.4 is 4.90 Å². The predicted molar refractivity (Wildman–Crippen MR) is 97.4 cm³/mol. The fraction of sp³-hybridized carbons (Fsp3) is 0.300. The second kappa shape index (κ2) is 6.13. The van der Waals surface area contributed by atoms with E-state index in [1.54, 1.807) is 22.7 Å². The normalized spacial score (nSPS) is 15.1. The van der Waals surface area contributed by atoms with E-state index >= 15 is 0 Å². The first-order valence-electron chi connectivity index (χ1n) is 8.76. The van der Waals surface area contributed by atoms with Crippen molar-refractivity contribution in [2.75, 3.05) is 11.4 Å². The average molecular weight is 371 g/mol. The van der Waals surface area contributed by atoms with Crippen LogP contribution in [0.2, 0.25) is 0 Å². The Balaban J connectivity index is 1.84. The molecule has 3 aromatic rings. The van der Waals surface area contributed by atoms with Gasteiger partial charge in [0.1, 0.15) is 5.82 Å². The summed E-state index contributed by atoms with van der Waals surface area (Å²) in [6, 6.07) is 5.97. The Hall–Kier alpha value is -2.80. The van der Waals surface area contributed by atoms with E-state index in [1.165, 1.54) is 37.1 Å². The molecule has 0 saturated carbocycles. The van der Waals surface area contributed by atoms with Crippen molar-refractivity contribution in [2.24, 2.45) is 0 Å². The zero-order chi connectivity index (χ0) is 19.3. The lowest BCUT2D eigenvalue weighted by Crippen LogP contribution is -2.24. The van der Waals surface area contributed by atoms with E-state index in [2.05, 4.69) is 4.98 Å². The molecular weight excluding hydrogens is 352 g/mol. The van der Waals surface area contributed by atoms with Gasteiger partial charge in [-0.3, -0.25) is 9.20 Å². The minimum Gasteiger partial charge on any atom is -0.386 e. The Bertz CT molecular complexity index is 1050. The van der Waals surface area contributed by atoms with Crippen molar-refractivity contribution >= 4 is 17.2 Å². The average Bonchev–Trinajstić information content (AvgIpc) is 3.21. The number of fused-ring (bicyclic) bond motifs is 1. The Morgan fingerprint density at radius 3 is 2.67 bits per heavy atom. The van der Waals surface area contributed by atoms with Crippen LogP contribution in [0.3, 0.4) is 0 Å². The smallest absolute Gasteiger partial charge is 0.227 e. The molecule has 27 heavy (non-hydrogen) atoms. The molecular formula is C20H19F2N3O2. The minimum atomic E-state index is -1.34. The number of halogens is 2. The van der Waals surface area contributed by atoms with E-state index < -0.39 is 17.2 Å². The Morgan fingerprint density at radius 1 is 1.22 bits per heavy atom. The molecule has 140 valence electrons. The van der Waals surface area contributed by atoms with Gasteiger partial charge in [0.05, 0.1) is 23.2 Å². The molecule has 1 N–H and O–H groups in total. The third-order valence-corrected chi connectivity index (χ3v) is 4.89. The summed E-state index contributed by atoms with van der Waals surface area (Å²) in [6.45, 7) is 3.49. The molecule has 1 saturated heterocycles. The van der Waals surface area contributed by atoms with Crippen molar-refractivity contribution in [3.8, 4) is 11.3 Å². The van der Waals surface area contributed by atoms with Crippen LogP contribution in [-0.2, 0) is 10.4 Å². The summed E-state index contributed by atoms with van der Waals surface area (Å²) in [5, 5.41) is 10.1. The maximum Gasteiger partial charge on any atom is 0.227 e. The lowest BCUT2D eigenvalue weighted by atomic mass is 9.99. The van der Waals surface area contributed by atoms with Gasteiger partial charge in [-0.2, -0.15) is 0 Å². The number of aromatic nitrogens is 2. The van der Waals surface area contributed by atoms with Crippen LogP contribution in [0.5, 0.6) is 0 Å². The molecule has 5 nitrogen and oxygen atoms in total. The SMILES string of the molecule is CC(C)(O)c1ccn2c(-c3ccc(F)c(N4CCCC4=O)c3)cnc2c1F. The lowest BCUT2D eigenvalue weighted by molar-refractivity contribution is -0.117. The molecule has 1 aliphatic heterocycles. The summed E-state index contributed by atoms with van der Waals surface area (Å²) < 4.78 is 30.6. The quantitative estimate of drug-likeness (QED) is 0.765. The van der Waals surface area contributed by atoms with Crippen LogP contribution in [-0.4, -0.2) is 26.9 Å². The summed E-state index contributed by atoms with van der Waals surface area (Å²) in [6.07, 6.45) is 4.22. The van der Waals surface area contributed by atoms with Gasteiger partial charge in [0.15, 0.2) is 11.5 Å². The Kier molecular flexibility index (Phi) is 3.99. The minimum absolute atomic E-state index is 0.0766. The van der Waals surface area contributed by atoms with Gasteiger partial charge >= 0.3 is 0 Å². The molecule has 1 aliphatic rings. The zero-order valence-corrected chi connectivity index (χ0v) is 15.0. The molecule has 0 bridgehead atoms. The fourth-order valence-corrected chi connectivity index (χ4v) is 3.48. The second-order valence-corrected chi connectivity index (χ2v) is 7.25. The highest BCUT2D eigenvalue weighted by Gasteiger charge is 2.26. The van der Waals surface area contributed by atoms with Gasteiger partial charge in [-0.25, -0.2) is 13.8 Å². The van der Waals surface area contributed by atoms with E-state index in [9.17, 15) is 18.7 Å². The maximum absolute atomic E-state index is 14.8. The summed E-state index contributed by atoms with van der Waals surface area (Å²) in [7, 11) is 0. The molecule has 0 aliphatic carbocycles. The monoisotopic (exact) mass is 371 g/mol. The number of benzene rings is 1. The number of anilines is 1. The van der Waals surface area contributed by atoms with Gasteiger partial charge in [0, 0.05) is 30.3 Å². The van der Waals surface area contributed by atoms with E-state index in [0.29, 0.717) is 30.6 Å². The molecule has 7 heteroatoms. The molecule has 1 fully saturated rings. The Morgan fingerprint density at radius 2 is 2.00 bits per heavy atom. The number of nitrogens with zero attached hydrogens (tertiary/aromatic N) is 3. The third-order valence-electron chi connectivity index (χ3n) is 4.89. The van der Waals surface area contributed by atoms with Crippen molar-refractivity contribution in [3.05, 3.63) is 53.9 Å². The highest BCUT2D eigenvalue weighted by Crippen LogP contribution is 2.32. The zero-order valence-electron chi connectivity index (χ0n) is 15.0. The summed E-state index contributed by atoms with van der Waals surface area (Å²) in [5.41, 5.74) is 0.297. The molecule has 4 rings (SSSR count). The van der Waals surface area contributed by atoms with E-state index in [0.717, 1.165) is 0 Å². The summed E-state index contributed by atoms with van der Waals surface area (Å²) in [5.74, 6) is -1.18. The van der Waals surface area contributed by atoms with Gasteiger partial charge in [-0.15, -0.1) is 0 Å². The van der Waals surface area contributed by atoms with Gasteiger partial charge in [-0.1, -0.05) is 0 Å². The second-order valence-electron chi connectivity index (χ2n) is 7.25. The highest BCUT2D eigenvalue weighted by molar-refractivity contribution is 5.96. The number of aliphatic hydroxyl groups is 1. The lowest BCUT2D eigenvalue weighted by Gasteiger charge is -2.19. The molecule has 0 radical (unpaired) electrons. The summed E-state index contributed by atoms with van der Waals surface area (Å²) >= 11 is 0. The molecule has 0 atom stereocenters. The van der Waals surface area contributed by atoms with Crippen LogP contribution in [0.25, 0.3) is 16.9 Å². The van der Waals surface area contributed by atoms with Gasteiger partial charge in [-0.05, 0) is 44.5 Å². The van der Waals surface area contributed by atoms with Crippen LogP contribution in [0, 0.1) is 11.6 Å². The number of carbonyl (C=O) groups is 1. The first kappa shape index (κ1) is 17.6. The van der Waals surface area contributed by atoms with Crippen molar-refractivity contribution in [1.29, 1.82) is 0 Å². The molecule has 0 spiro atoms. The third kappa shape index (κ3) is 2.88. The van der Waals surface area contributed by atoms with Gasteiger partial charge in [0.2, 0.25) is 5.91 Å². The van der Waals surface area contributed by atoms with Gasteiger partial charge < -0.3 is 10.0 Å². The number of hydrogen-bond acceptors (Lipinski definition) is 3. The first-order chi connectivity index (χ1) is 12.8. The maximum atomic E-state index is 14.8. The number of imidazole rings is 1. The van der Waals surface area contributed by atoms with Gasteiger partial charge in [0.25, 0.3) is 0 Å². The Labute approximate surface area is 154 Å². The predicted octanol–water partition coefficient (Wildman–Crippen LogP) is 3.63. The number of carbonyl (C=O) groups excluding carboxylic acids is 1. The largest absolute Gasteiger partial charge is 0.386 e. The highest BCUT2D eigenvalue weighted by atomic mass is 19.1. The molecule has 2 aromatic heterocycles. The van der Waals surface area contributed by atoms with Crippen LogP contribution >= 0.6 is 0 Å². The molecule has 3 heterocycles. The van der Waals surface area contributed by atoms with Crippen molar-refractivity contribution in [1.82, 2.24) is 9.38 Å². The van der Waals surface area contributed by atoms with Crippen LogP contribution in [0.1, 0.15) is 32.3 Å². The van der Waals surface area contributed by atoms with Crippen molar-refractivity contribution in [2.45, 2.75) is 32.3 Å². The molecule has 1 aromatic carbocycles. The van der Waals surface area contributed by atoms with Crippen molar-refractivity contribution < 1.29 is 18.7 Å². The van der Waals surface area contributed by atoms with Crippen LogP contribution in [0.4, 0.5) is 14.5 Å². The van der Waals surface area contributed by atoms with E-state index in [-0.39, 0.29) is 22.8 Å². The van der Waals surface area contributed by atoms with E-state index in [4.69, 9.17) is 0 Å². The first-order valence-corrected chi connectivity index (χ1v) is 8.76. The standard InChI is InChI=1S/C20H19F2N3O2/c1-20(2,27)13-7-9-25-16(11-23-19(25)18(13)22)12-5-6-14(21)15(10-12)24-8-3-4-17(24)26/h5-7,9-11,27H,3-4,8H2,1-2H3. The van der Waals surface area contributed by atoms with Crippen LogP contribution in [0.15, 0.2) is 36.7 Å². The topological polar surface area (TPSA) is 57.8 Å². The van der Waals surface area contributed by atoms with Crippen molar-refractivity contribution in [3.63, 3.8) is 0 Å². The number of amides is 1. The summed E-state index contributed by atoms with van der Waals surface area (Å²) in [4.78, 5) is 17.6. The molecule has 1 amide bonds. The number of rotatable bonds is 3.